The number of rotatable bonds is 3. The Balaban J connectivity index is 2.41. The largest absolute Gasteiger partial charge is 0.438 e. The SMILES string of the molecule is CC(C)(c1ccccc1)c1cnc(C(=N)N)o1. The minimum atomic E-state index is -0.290. The van der Waals surface area contributed by atoms with Crippen LogP contribution in [0.4, 0.5) is 0 Å². The van der Waals surface area contributed by atoms with Crippen LogP contribution in [0.1, 0.15) is 31.1 Å². The molecular formula is C13H15N3O. The number of amidine groups is 1. The van der Waals surface area contributed by atoms with Gasteiger partial charge in [-0.05, 0) is 19.4 Å². The van der Waals surface area contributed by atoms with Gasteiger partial charge in [0.25, 0.3) is 5.89 Å². The van der Waals surface area contributed by atoms with E-state index in [1.54, 1.807) is 6.20 Å². The molecule has 4 heteroatoms. The van der Waals surface area contributed by atoms with E-state index >= 15 is 0 Å². The molecule has 2 aromatic rings. The van der Waals surface area contributed by atoms with Crippen molar-refractivity contribution in [3.05, 3.63) is 53.7 Å². The summed E-state index contributed by atoms with van der Waals surface area (Å²) in [7, 11) is 0. The highest BCUT2D eigenvalue weighted by atomic mass is 16.4. The first-order valence-corrected chi connectivity index (χ1v) is 5.38. The van der Waals surface area contributed by atoms with Gasteiger partial charge in [0.15, 0.2) is 5.84 Å². The van der Waals surface area contributed by atoms with Gasteiger partial charge in [-0.3, -0.25) is 5.41 Å². The van der Waals surface area contributed by atoms with Crippen LogP contribution in [-0.4, -0.2) is 10.8 Å². The molecule has 0 bridgehead atoms. The maximum absolute atomic E-state index is 7.28. The van der Waals surface area contributed by atoms with Crippen LogP contribution in [0, 0.1) is 5.41 Å². The van der Waals surface area contributed by atoms with Gasteiger partial charge in [0.2, 0.25) is 0 Å². The second-order valence-electron chi connectivity index (χ2n) is 4.43. The number of hydrogen-bond acceptors (Lipinski definition) is 3. The molecule has 0 radical (unpaired) electrons. The first-order chi connectivity index (χ1) is 8.01. The summed E-state index contributed by atoms with van der Waals surface area (Å²) in [5.74, 6) is 0.720. The minimum absolute atomic E-state index is 0.153. The van der Waals surface area contributed by atoms with Gasteiger partial charge in [0.1, 0.15) is 5.76 Å². The fourth-order valence-electron chi connectivity index (χ4n) is 1.68. The molecule has 0 aliphatic carbocycles. The maximum atomic E-state index is 7.28. The molecule has 1 aromatic carbocycles. The van der Waals surface area contributed by atoms with E-state index in [-0.39, 0.29) is 17.1 Å². The van der Waals surface area contributed by atoms with Crippen molar-refractivity contribution in [3.8, 4) is 0 Å². The van der Waals surface area contributed by atoms with E-state index in [1.165, 1.54) is 0 Å². The molecule has 0 unspecified atom stereocenters. The fraction of sp³-hybridized carbons (Fsp3) is 0.231. The van der Waals surface area contributed by atoms with Gasteiger partial charge in [-0.25, -0.2) is 4.98 Å². The molecule has 4 nitrogen and oxygen atoms in total. The van der Waals surface area contributed by atoms with E-state index in [0.29, 0.717) is 5.76 Å². The highest BCUT2D eigenvalue weighted by Crippen LogP contribution is 2.31. The molecule has 0 spiro atoms. The second-order valence-corrected chi connectivity index (χ2v) is 4.43. The Hall–Kier alpha value is -2.10. The van der Waals surface area contributed by atoms with Gasteiger partial charge < -0.3 is 10.2 Å². The Labute approximate surface area is 100.0 Å². The highest BCUT2D eigenvalue weighted by Gasteiger charge is 2.27. The number of nitrogens with two attached hydrogens (primary N) is 1. The zero-order valence-electron chi connectivity index (χ0n) is 9.90. The number of oxazole rings is 1. The summed E-state index contributed by atoms with van der Waals surface area (Å²) in [5, 5.41) is 7.28. The molecule has 0 saturated heterocycles. The average Bonchev–Trinajstić information content (AvgIpc) is 2.80. The third-order valence-corrected chi connectivity index (χ3v) is 2.85. The molecule has 2 rings (SSSR count). The second kappa shape index (κ2) is 4.05. The topological polar surface area (TPSA) is 75.9 Å². The van der Waals surface area contributed by atoms with Crippen molar-refractivity contribution in [1.29, 1.82) is 5.41 Å². The molecule has 0 saturated carbocycles. The normalized spacial score (nSPS) is 11.4. The molecule has 1 aromatic heterocycles. The highest BCUT2D eigenvalue weighted by molar-refractivity contribution is 5.90. The maximum Gasteiger partial charge on any atom is 0.261 e. The quantitative estimate of drug-likeness (QED) is 0.626. The predicted molar refractivity (Wildman–Crippen MR) is 66.1 cm³/mol. The fourth-order valence-corrected chi connectivity index (χ4v) is 1.68. The van der Waals surface area contributed by atoms with Gasteiger partial charge in [0, 0.05) is 5.41 Å². The summed E-state index contributed by atoms with van der Waals surface area (Å²) in [4.78, 5) is 3.99. The first-order valence-electron chi connectivity index (χ1n) is 5.38. The van der Waals surface area contributed by atoms with Gasteiger partial charge in [-0.2, -0.15) is 0 Å². The number of aromatic nitrogens is 1. The van der Waals surface area contributed by atoms with Crippen molar-refractivity contribution in [2.24, 2.45) is 5.73 Å². The molecule has 88 valence electrons. The lowest BCUT2D eigenvalue weighted by atomic mass is 9.83. The predicted octanol–water partition coefficient (Wildman–Crippen LogP) is 2.28. The van der Waals surface area contributed by atoms with Crippen LogP contribution in [-0.2, 0) is 5.41 Å². The van der Waals surface area contributed by atoms with Crippen molar-refractivity contribution in [2.45, 2.75) is 19.3 Å². The summed E-state index contributed by atoms with van der Waals surface area (Å²) in [6.07, 6.45) is 1.63. The Kier molecular flexibility index (Phi) is 2.71. The van der Waals surface area contributed by atoms with Crippen molar-refractivity contribution in [2.75, 3.05) is 0 Å². The zero-order valence-corrected chi connectivity index (χ0v) is 9.90. The Morgan fingerprint density at radius 3 is 2.47 bits per heavy atom. The van der Waals surface area contributed by atoms with Crippen molar-refractivity contribution >= 4 is 5.84 Å². The molecular weight excluding hydrogens is 214 g/mol. The van der Waals surface area contributed by atoms with Crippen molar-refractivity contribution in [3.63, 3.8) is 0 Å². The van der Waals surface area contributed by atoms with E-state index in [4.69, 9.17) is 15.6 Å². The minimum Gasteiger partial charge on any atom is -0.438 e. The van der Waals surface area contributed by atoms with Crippen molar-refractivity contribution in [1.82, 2.24) is 4.98 Å². The summed E-state index contributed by atoms with van der Waals surface area (Å²) in [6, 6.07) is 10.0. The summed E-state index contributed by atoms with van der Waals surface area (Å²) in [5.41, 5.74) is 6.18. The van der Waals surface area contributed by atoms with E-state index in [1.807, 2.05) is 44.2 Å². The summed E-state index contributed by atoms with van der Waals surface area (Å²) in [6.45, 7) is 4.10. The van der Waals surface area contributed by atoms with Gasteiger partial charge in [-0.1, -0.05) is 30.3 Å². The Morgan fingerprint density at radius 1 is 1.29 bits per heavy atom. The number of nitrogen functional groups attached to an aromatic ring is 1. The number of nitrogens with one attached hydrogen (secondary N) is 1. The Morgan fingerprint density at radius 2 is 1.94 bits per heavy atom. The molecule has 1 heterocycles. The van der Waals surface area contributed by atoms with Crippen LogP contribution >= 0.6 is 0 Å². The van der Waals surface area contributed by atoms with Crippen LogP contribution in [0.3, 0.4) is 0 Å². The molecule has 17 heavy (non-hydrogen) atoms. The van der Waals surface area contributed by atoms with Crippen LogP contribution in [0.15, 0.2) is 40.9 Å². The summed E-state index contributed by atoms with van der Waals surface area (Å²) < 4.78 is 5.50. The first kappa shape index (κ1) is 11.4. The third-order valence-electron chi connectivity index (χ3n) is 2.85. The van der Waals surface area contributed by atoms with Gasteiger partial charge >= 0.3 is 0 Å². The molecule has 0 atom stereocenters. The summed E-state index contributed by atoms with van der Waals surface area (Å²) >= 11 is 0. The van der Waals surface area contributed by atoms with E-state index in [9.17, 15) is 0 Å². The molecule has 0 amide bonds. The zero-order chi connectivity index (χ0) is 12.5. The van der Waals surface area contributed by atoms with Gasteiger partial charge in [0.05, 0.1) is 6.20 Å². The van der Waals surface area contributed by atoms with Crippen LogP contribution in [0.25, 0.3) is 0 Å². The molecule has 0 aliphatic heterocycles. The van der Waals surface area contributed by atoms with Gasteiger partial charge in [-0.15, -0.1) is 0 Å². The van der Waals surface area contributed by atoms with Crippen LogP contribution < -0.4 is 5.73 Å². The monoisotopic (exact) mass is 229 g/mol. The molecule has 0 aliphatic rings. The smallest absolute Gasteiger partial charge is 0.261 e. The lowest BCUT2D eigenvalue weighted by molar-refractivity contribution is 0.422. The number of nitrogens with zero attached hydrogens (tertiary/aromatic N) is 1. The van der Waals surface area contributed by atoms with Crippen molar-refractivity contribution < 1.29 is 4.42 Å². The lowest BCUT2D eigenvalue weighted by Gasteiger charge is -2.21. The Bertz CT molecular complexity index is 529. The van der Waals surface area contributed by atoms with E-state index in [0.717, 1.165) is 5.56 Å². The van der Waals surface area contributed by atoms with E-state index in [2.05, 4.69) is 4.98 Å². The average molecular weight is 229 g/mol. The number of benzene rings is 1. The third kappa shape index (κ3) is 2.06. The van der Waals surface area contributed by atoms with E-state index < -0.39 is 0 Å². The standard InChI is InChI=1S/C13H15N3O/c1-13(2,9-6-4-3-5-7-9)10-8-16-12(17-10)11(14)15/h3-8H,1-2H3,(H3,14,15). The van der Waals surface area contributed by atoms with Crippen LogP contribution in [0.2, 0.25) is 0 Å². The molecule has 0 fully saturated rings. The molecule has 3 N–H and O–H groups in total. The number of hydrogen-bond donors (Lipinski definition) is 2. The lowest BCUT2D eigenvalue weighted by Crippen LogP contribution is -2.18. The van der Waals surface area contributed by atoms with Crippen LogP contribution in [0.5, 0.6) is 0 Å².